The molecule has 0 atom stereocenters. The Morgan fingerprint density at radius 1 is 0.562 bits per heavy atom. The van der Waals surface area contributed by atoms with Gasteiger partial charge < -0.3 is 29.4 Å². The molecule has 2 N–H and O–H groups in total. The van der Waals surface area contributed by atoms with E-state index in [1.165, 1.54) is 54.8 Å². The van der Waals surface area contributed by atoms with E-state index in [0.717, 1.165) is 110 Å². The number of aliphatic hydroxyl groups excluding tert-OH is 1. The molecule has 7 heterocycles. The van der Waals surface area contributed by atoms with Gasteiger partial charge in [-0.15, -0.1) is 35.1 Å². The number of nitrogens with zero attached hydrogens (tertiary/aromatic N) is 5. The molecule has 0 spiro atoms. The highest BCUT2D eigenvalue weighted by atomic mass is 35.5. The molecule has 2 aliphatic heterocycles. The molecule has 80 heavy (non-hydrogen) atoms. The van der Waals surface area contributed by atoms with E-state index >= 15 is 0 Å². The second-order valence-corrected chi connectivity index (χ2v) is 24.5. The summed E-state index contributed by atoms with van der Waals surface area (Å²) in [4.78, 5) is 21.6. The lowest BCUT2D eigenvalue weighted by Crippen LogP contribution is -2.42. The van der Waals surface area contributed by atoms with Gasteiger partial charge in [0.05, 0.1) is 71.9 Å². The van der Waals surface area contributed by atoms with Crippen molar-refractivity contribution in [3.8, 4) is 5.88 Å². The van der Waals surface area contributed by atoms with Crippen LogP contribution in [0.3, 0.4) is 0 Å². The quantitative estimate of drug-likeness (QED) is 0.107. The second kappa shape index (κ2) is 27.9. The largest absolute Gasteiger partial charge is 0.474 e. The van der Waals surface area contributed by atoms with Gasteiger partial charge in [-0.3, -0.25) is 0 Å². The van der Waals surface area contributed by atoms with E-state index in [4.69, 9.17) is 23.9 Å². The zero-order valence-electron chi connectivity index (χ0n) is 44.3. The number of para-hydroxylation sites is 3. The van der Waals surface area contributed by atoms with E-state index in [-0.39, 0.29) is 42.3 Å². The Morgan fingerprint density at radius 3 is 1.62 bits per heavy atom. The first-order valence-corrected chi connectivity index (χ1v) is 30.1. The average Bonchev–Trinajstić information content (AvgIpc) is 4.30. The predicted molar refractivity (Wildman–Crippen MR) is 315 cm³/mol. The normalized spacial score (nSPS) is 21.7. The minimum Gasteiger partial charge on any atom is -0.474 e. The molecule has 14 rings (SSSR count). The van der Waals surface area contributed by atoms with E-state index in [1.807, 2.05) is 41.7 Å². The van der Waals surface area contributed by atoms with Crippen molar-refractivity contribution in [2.75, 3.05) is 31.7 Å². The molecule has 420 valence electrons. The monoisotopic (exact) mass is 1160 g/mol. The molecule has 5 fully saturated rings. The summed E-state index contributed by atoms with van der Waals surface area (Å²) >= 11 is 5.29. The standard InChI is InChI=1S/C21H22FN3O2S.C19H19NOS.C12H13NOS.C10H11F2NO.ClH/c22-14-9-17(13-5-7-26-8-6-13)20(23-12-14)27-16-10-15(11-16)24-21-25-18-3-1-2-4-19(18)28-21;1-2-6-14(7-3-1)13-21-16-10-15(11-16)12-19-20-17-8-4-5-9-18(17)22-19;14-9-5-8(6-9)7-12-13-10-3-1-2-4-11(10)15-12;11-8-5-9(10(12)13-6-8)7-1-3-14-4-2-7;/h1-4,9,12-13,15-16H,5-8,10-11H2,(H,24,25);1-9,15-16H,10-13H2;1-4,8-9,14H,5-7H2;5-7H,1-4H2;1H. The zero-order chi connectivity index (χ0) is 53.9. The Bertz CT molecular complexity index is 3280. The number of fused-ring (bicyclic) bond motifs is 3. The van der Waals surface area contributed by atoms with Gasteiger partial charge in [-0.2, -0.15) is 4.39 Å². The molecule has 2 saturated heterocycles. The Morgan fingerprint density at radius 2 is 1.06 bits per heavy atom. The number of aromatic nitrogens is 5. The molecule has 3 saturated carbocycles. The molecule has 0 radical (unpaired) electrons. The van der Waals surface area contributed by atoms with Crippen molar-refractivity contribution in [1.82, 2.24) is 24.9 Å². The van der Waals surface area contributed by atoms with Crippen LogP contribution in [-0.4, -0.2) is 80.8 Å². The molecule has 5 aliphatic rings. The summed E-state index contributed by atoms with van der Waals surface area (Å²) in [6, 6.07) is 38.4. The van der Waals surface area contributed by atoms with Gasteiger partial charge in [-0.1, -0.05) is 78.1 Å². The number of aliphatic hydroxyl groups is 1. The number of thiazole rings is 3. The maximum absolute atomic E-state index is 13.8. The average molecular weight is 1160 g/mol. The fourth-order valence-electron chi connectivity index (χ4n) is 10.8. The van der Waals surface area contributed by atoms with Gasteiger partial charge in [0, 0.05) is 69.3 Å². The minimum absolute atomic E-state index is 0. The summed E-state index contributed by atoms with van der Waals surface area (Å²) in [5.74, 6) is 0.929. The van der Waals surface area contributed by atoms with Gasteiger partial charge in [-0.05, 0) is 129 Å². The maximum atomic E-state index is 13.8. The molecule has 4 aromatic carbocycles. The van der Waals surface area contributed by atoms with Gasteiger partial charge in [0.1, 0.15) is 17.7 Å². The highest BCUT2D eigenvalue weighted by molar-refractivity contribution is 7.22. The van der Waals surface area contributed by atoms with Gasteiger partial charge in [0.2, 0.25) is 11.8 Å². The number of pyridine rings is 2. The van der Waals surface area contributed by atoms with Crippen LogP contribution in [0.2, 0.25) is 0 Å². The molecule has 3 aliphatic carbocycles. The van der Waals surface area contributed by atoms with Crippen LogP contribution in [0.25, 0.3) is 30.6 Å². The topological polar surface area (TPSA) is 134 Å². The lowest BCUT2D eigenvalue weighted by atomic mass is 9.80. The maximum Gasteiger partial charge on any atom is 0.217 e. The van der Waals surface area contributed by atoms with Crippen molar-refractivity contribution < 1.29 is 37.2 Å². The number of halogens is 4. The molecular formula is C62H66ClF3N6O5S3. The van der Waals surface area contributed by atoms with Crippen LogP contribution in [0.4, 0.5) is 18.3 Å². The zero-order valence-corrected chi connectivity index (χ0v) is 47.6. The summed E-state index contributed by atoms with van der Waals surface area (Å²) in [5, 5.41) is 16.2. The van der Waals surface area contributed by atoms with Crippen LogP contribution < -0.4 is 10.1 Å². The summed E-state index contributed by atoms with van der Waals surface area (Å²) in [6.07, 6.45) is 14.0. The van der Waals surface area contributed by atoms with E-state index in [2.05, 4.69) is 98.0 Å². The Kier molecular flexibility index (Phi) is 20.1. The number of hydrogen-bond acceptors (Lipinski definition) is 14. The molecular weight excluding hydrogens is 1100 g/mol. The van der Waals surface area contributed by atoms with Gasteiger partial charge in [-0.25, -0.2) is 33.7 Å². The van der Waals surface area contributed by atoms with Crippen LogP contribution >= 0.6 is 46.4 Å². The highest BCUT2D eigenvalue weighted by Crippen LogP contribution is 2.39. The number of hydrogen-bond donors (Lipinski definition) is 2. The Hall–Kier alpha value is -5.63. The second-order valence-electron chi connectivity index (χ2n) is 21.2. The lowest BCUT2D eigenvalue weighted by Gasteiger charge is -2.36. The number of benzene rings is 4. The fraction of sp³-hybridized carbons (Fsp3) is 0.403. The van der Waals surface area contributed by atoms with Gasteiger partial charge in [0.25, 0.3) is 0 Å². The summed E-state index contributed by atoms with van der Waals surface area (Å²) in [5.41, 5.74) is 5.80. The molecule has 0 bridgehead atoms. The first kappa shape index (κ1) is 57.6. The number of ether oxygens (including phenoxy) is 4. The van der Waals surface area contributed by atoms with E-state index < -0.39 is 11.8 Å². The first-order chi connectivity index (χ1) is 38.7. The molecule has 0 unspecified atom stereocenters. The molecule has 5 aromatic heterocycles. The number of rotatable bonds is 13. The van der Waals surface area contributed by atoms with Crippen LogP contribution in [-0.2, 0) is 33.7 Å². The van der Waals surface area contributed by atoms with Crippen LogP contribution in [0.15, 0.2) is 128 Å². The third-order valence-electron chi connectivity index (χ3n) is 15.3. The minimum atomic E-state index is -0.557. The molecule has 18 heteroatoms. The van der Waals surface area contributed by atoms with E-state index in [1.54, 1.807) is 28.7 Å². The van der Waals surface area contributed by atoms with Crippen molar-refractivity contribution >= 4 is 82.2 Å². The fourth-order valence-corrected chi connectivity index (χ4v) is 13.9. The van der Waals surface area contributed by atoms with Crippen molar-refractivity contribution in [3.63, 3.8) is 0 Å². The first-order valence-electron chi connectivity index (χ1n) is 27.6. The summed E-state index contributed by atoms with van der Waals surface area (Å²) in [7, 11) is 0. The summed E-state index contributed by atoms with van der Waals surface area (Å²) < 4.78 is 66.3. The van der Waals surface area contributed by atoms with Crippen molar-refractivity contribution in [1.29, 1.82) is 0 Å². The molecule has 9 aromatic rings. The highest BCUT2D eigenvalue weighted by Gasteiger charge is 2.34. The van der Waals surface area contributed by atoms with E-state index in [9.17, 15) is 18.3 Å². The summed E-state index contributed by atoms with van der Waals surface area (Å²) in [6.45, 7) is 3.37. The van der Waals surface area contributed by atoms with E-state index in [0.29, 0.717) is 55.9 Å². The van der Waals surface area contributed by atoms with Gasteiger partial charge in [0.15, 0.2) is 5.13 Å². The SMILES string of the molecule is Cl.Fc1cnc(F)c(C2CCOCC2)c1.Fc1cnc(OC2CC(Nc3nc4ccccc4s3)C2)c(C2CCOCC2)c1.OC1CC(Cc2nc3ccccc3s2)C1.c1ccc(COC2CC(Cc3nc4ccccc4s3)C2)cc1. The Balaban J connectivity index is 0.000000124. The Labute approximate surface area is 482 Å². The third-order valence-corrected chi connectivity index (χ3v) is 18.4. The predicted octanol–water partition coefficient (Wildman–Crippen LogP) is 14.9. The molecule has 11 nitrogen and oxygen atoms in total. The number of anilines is 1. The van der Waals surface area contributed by atoms with Crippen LogP contribution in [0, 0.1) is 29.4 Å². The smallest absolute Gasteiger partial charge is 0.217 e. The van der Waals surface area contributed by atoms with Crippen molar-refractivity contribution in [3.05, 3.63) is 172 Å². The van der Waals surface area contributed by atoms with Gasteiger partial charge >= 0.3 is 0 Å². The van der Waals surface area contributed by atoms with Crippen molar-refractivity contribution in [2.24, 2.45) is 11.8 Å². The number of nitrogens with one attached hydrogen (secondary N) is 1. The van der Waals surface area contributed by atoms with Crippen molar-refractivity contribution in [2.45, 2.75) is 120 Å². The van der Waals surface area contributed by atoms with Crippen LogP contribution in [0.5, 0.6) is 5.88 Å². The third kappa shape index (κ3) is 15.5. The van der Waals surface area contributed by atoms with Crippen LogP contribution in [0.1, 0.15) is 103 Å². The lowest BCUT2D eigenvalue weighted by molar-refractivity contribution is -0.0398. The molecule has 0 amide bonds.